The van der Waals surface area contributed by atoms with Gasteiger partial charge in [-0.15, -0.1) is 0 Å². The molecule has 0 spiro atoms. The van der Waals surface area contributed by atoms with Crippen LogP contribution < -0.4 is 4.90 Å². The number of amides is 1. The smallest absolute Gasteiger partial charge is 0.214 e. The standard InChI is InChI=1S/C12H12Br2FNO/c1-2-7-3-4-8-10(16(7)6-17)5-9(13)12(15)11(8)14/h5-7H,2-4H2,1H3. The van der Waals surface area contributed by atoms with E-state index in [9.17, 15) is 9.18 Å². The van der Waals surface area contributed by atoms with Gasteiger partial charge in [-0.3, -0.25) is 4.79 Å². The molecule has 0 fully saturated rings. The first kappa shape index (κ1) is 13.0. The van der Waals surface area contributed by atoms with E-state index >= 15 is 0 Å². The molecule has 1 amide bonds. The molecule has 0 bridgehead atoms. The molecule has 2 nitrogen and oxygen atoms in total. The van der Waals surface area contributed by atoms with Crippen LogP contribution in [0.2, 0.25) is 0 Å². The molecule has 1 aliphatic rings. The Morgan fingerprint density at radius 3 is 2.88 bits per heavy atom. The number of hydrogen-bond acceptors (Lipinski definition) is 1. The van der Waals surface area contributed by atoms with Crippen molar-refractivity contribution in [2.75, 3.05) is 4.90 Å². The van der Waals surface area contributed by atoms with Gasteiger partial charge in [-0.05, 0) is 62.8 Å². The molecule has 0 saturated carbocycles. The molecule has 92 valence electrons. The molecule has 0 radical (unpaired) electrons. The summed E-state index contributed by atoms with van der Waals surface area (Å²) in [6.45, 7) is 2.06. The Balaban J connectivity index is 2.58. The summed E-state index contributed by atoms with van der Waals surface area (Å²) in [7, 11) is 0. The molecule has 0 N–H and O–H groups in total. The number of nitrogens with zero attached hydrogens (tertiary/aromatic N) is 1. The highest BCUT2D eigenvalue weighted by Gasteiger charge is 2.28. The second kappa shape index (κ2) is 5.06. The van der Waals surface area contributed by atoms with Crippen LogP contribution in [0.1, 0.15) is 25.3 Å². The highest BCUT2D eigenvalue weighted by Crippen LogP contribution is 2.40. The summed E-state index contributed by atoms with van der Waals surface area (Å²) in [6.07, 6.45) is 3.42. The number of fused-ring (bicyclic) bond motifs is 1. The van der Waals surface area contributed by atoms with Crippen molar-refractivity contribution in [1.29, 1.82) is 0 Å². The number of anilines is 1. The molecule has 2 rings (SSSR count). The lowest BCUT2D eigenvalue weighted by Gasteiger charge is -2.34. The summed E-state index contributed by atoms with van der Waals surface area (Å²) in [5.74, 6) is -0.301. The fourth-order valence-corrected chi connectivity index (χ4v) is 3.57. The molecule has 1 aliphatic heterocycles. The summed E-state index contributed by atoms with van der Waals surface area (Å²) >= 11 is 6.44. The van der Waals surface area contributed by atoms with Crippen molar-refractivity contribution in [2.24, 2.45) is 0 Å². The van der Waals surface area contributed by atoms with Crippen molar-refractivity contribution in [2.45, 2.75) is 32.2 Å². The first-order valence-electron chi connectivity index (χ1n) is 5.50. The van der Waals surface area contributed by atoms with Crippen LogP contribution in [0.5, 0.6) is 0 Å². The van der Waals surface area contributed by atoms with Gasteiger partial charge >= 0.3 is 0 Å². The zero-order valence-corrected chi connectivity index (χ0v) is 12.5. The van der Waals surface area contributed by atoms with Crippen LogP contribution in [-0.4, -0.2) is 12.5 Å². The minimum Gasteiger partial charge on any atom is -0.312 e. The van der Waals surface area contributed by atoms with Crippen molar-refractivity contribution in [3.63, 3.8) is 0 Å². The van der Waals surface area contributed by atoms with Gasteiger partial charge in [0.25, 0.3) is 0 Å². The van der Waals surface area contributed by atoms with Crippen molar-refractivity contribution < 1.29 is 9.18 Å². The van der Waals surface area contributed by atoms with Gasteiger partial charge in [0.1, 0.15) is 0 Å². The lowest BCUT2D eigenvalue weighted by molar-refractivity contribution is -0.108. The van der Waals surface area contributed by atoms with E-state index < -0.39 is 0 Å². The summed E-state index contributed by atoms with van der Waals surface area (Å²) in [5.41, 5.74) is 1.68. The van der Waals surface area contributed by atoms with E-state index in [1.165, 1.54) is 0 Å². The molecular weight excluding hydrogens is 353 g/mol. The number of carbonyl (C=O) groups is 1. The molecule has 1 aromatic carbocycles. The van der Waals surface area contributed by atoms with E-state index in [0.29, 0.717) is 8.95 Å². The van der Waals surface area contributed by atoms with Gasteiger partial charge in [-0.2, -0.15) is 0 Å². The van der Waals surface area contributed by atoms with Gasteiger partial charge in [0.15, 0.2) is 5.82 Å². The van der Waals surface area contributed by atoms with Crippen LogP contribution in [0, 0.1) is 5.82 Å². The Morgan fingerprint density at radius 2 is 2.29 bits per heavy atom. The van der Waals surface area contributed by atoms with Gasteiger partial charge in [0.2, 0.25) is 6.41 Å². The van der Waals surface area contributed by atoms with Gasteiger partial charge in [0.05, 0.1) is 8.95 Å². The monoisotopic (exact) mass is 363 g/mol. The quantitative estimate of drug-likeness (QED) is 0.573. The van der Waals surface area contributed by atoms with Crippen molar-refractivity contribution in [3.8, 4) is 0 Å². The minimum absolute atomic E-state index is 0.212. The van der Waals surface area contributed by atoms with Crippen LogP contribution in [-0.2, 0) is 11.2 Å². The van der Waals surface area contributed by atoms with E-state index in [4.69, 9.17) is 0 Å². The number of hydrogen-bond donors (Lipinski definition) is 0. The average molecular weight is 365 g/mol. The van der Waals surface area contributed by atoms with Crippen LogP contribution in [0.25, 0.3) is 0 Å². The summed E-state index contributed by atoms with van der Waals surface area (Å²) in [5, 5.41) is 0. The molecular formula is C12H12Br2FNO. The summed E-state index contributed by atoms with van der Waals surface area (Å²) < 4.78 is 14.6. The maximum atomic E-state index is 13.7. The van der Waals surface area contributed by atoms with Crippen LogP contribution in [0.4, 0.5) is 10.1 Å². The molecule has 0 aromatic heterocycles. The Kier molecular flexibility index (Phi) is 3.88. The third-order valence-corrected chi connectivity index (χ3v) is 4.63. The minimum atomic E-state index is -0.301. The highest BCUT2D eigenvalue weighted by atomic mass is 79.9. The maximum absolute atomic E-state index is 13.7. The first-order valence-corrected chi connectivity index (χ1v) is 7.08. The number of carbonyl (C=O) groups excluding carboxylic acids is 1. The van der Waals surface area contributed by atoms with Crippen molar-refractivity contribution >= 4 is 44.0 Å². The number of halogens is 3. The van der Waals surface area contributed by atoms with Crippen LogP contribution in [0.15, 0.2) is 15.0 Å². The van der Waals surface area contributed by atoms with E-state index in [-0.39, 0.29) is 11.9 Å². The van der Waals surface area contributed by atoms with Gasteiger partial charge in [-0.25, -0.2) is 4.39 Å². The van der Waals surface area contributed by atoms with E-state index in [1.54, 1.807) is 11.0 Å². The fourth-order valence-electron chi connectivity index (χ4n) is 2.28. The number of rotatable bonds is 2. The zero-order chi connectivity index (χ0) is 12.6. The van der Waals surface area contributed by atoms with E-state index in [1.807, 2.05) is 0 Å². The molecule has 1 atom stereocenters. The Labute approximate surface area is 116 Å². The zero-order valence-electron chi connectivity index (χ0n) is 9.34. The normalized spacial score (nSPS) is 19.1. The fraction of sp³-hybridized carbons (Fsp3) is 0.417. The lowest BCUT2D eigenvalue weighted by atomic mass is 9.95. The number of benzene rings is 1. The molecule has 1 heterocycles. The largest absolute Gasteiger partial charge is 0.312 e. The molecule has 17 heavy (non-hydrogen) atoms. The molecule has 1 aromatic rings. The molecule has 0 aliphatic carbocycles. The SMILES string of the molecule is CCC1CCc2c(cc(Br)c(F)c2Br)N1C=O. The van der Waals surface area contributed by atoms with E-state index in [2.05, 4.69) is 38.8 Å². The molecule has 5 heteroatoms. The highest BCUT2D eigenvalue weighted by molar-refractivity contribution is 9.11. The van der Waals surface area contributed by atoms with Crippen LogP contribution >= 0.6 is 31.9 Å². The van der Waals surface area contributed by atoms with Crippen molar-refractivity contribution in [1.82, 2.24) is 0 Å². The first-order chi connectivity index (χ1) is 8.10. The third kappa shape index (κ3) is 2.15. The second-order valence-electron chi connectivity index (χ2n) is 4.10. The lowest BCUT2D eigenvalue weighted by Crippen LogP contribution is -2.38. The topological polar surface area (TPSA) is 20.3 Å². The predicted octanol–water partition coefficient (Wildman–Crippen LogP) is 4.04. The molecule has 0 saturated heterocycles. The van der Waals surface area contributed by atoms with Crippen molar-refractivity contribution in [3.05, 3.63) is 26.4 Å². The average Bonchev–Trinajstić information content (AvgIpc) is 2.34. The second-order valence-corrected chi connectivity index (χ2v) is 5.74. The Hall–Kier alpha value is -0.420. The summed E-state index contributed by atoms with van der Waals surface area (Å²) in [4.78, 5) is 12.9. The third-order valence-electron chi connectivity index (χ3n) is 3.22. The van der Waals surface area contributed by atoms with E-state index in [0.717, 1.165) is 36.9 Å². The summed E-state index contributed by atoms with van der Waals surface area (Å²) in [6, 6.07) is 1.90. The Morgan fingerprint density at radius 1 is 1.59 bits per heavy atom. The van der Waals surface area contributed by atoms with Gasteiger partial charge < -0.3 is 4.90 Å². The molecule has 1 unspecified atom stereocenters. The maximum Gasteiger partial charge on any atom is 0.214 e. The van der Waals surface area contributed by atoms with Crippen LogP contribution in [0.3, 0.4) is 0 Å². The Bertz CT molecular complexity index is 464. The van der Waals surface area contributed by atoms with Gasteiger partial charge in [0, 0.05) is 11.7 Å². The predicted molar refractivity (Wildman–Crippen MR) is 72.7 cm³/mol. The van der Waals surface area contributed by atoms with Gasteiger partial charge in [-0.1, -0.05) is 6.92 Å².